The zero-order chi connectivity index (χ0) is 10.7. The quantitative estimate of drug-likeness (QED) is 0.829. The van der Waals surface area contributed by atoms with E-state index in [1.165, 1.54) is 10.4 Å². The van der Waals surface area contributed by atoms with Gasteiger partial charge in [-0.15, -0.1) is 11.3 Å². The van der Waals surface area contributed by atoms with E-state index in [1.54, 1.807) is 11.3 Å². The van der Waals surface area contributed by atoms with Gasteiger partial charge in [0.05, 0.1) is 11.5 Å². The fourth-order valence-corrected chi connectivity index (χ4v) is 2.05. The Morgan fingerprint density at radius 3 is 2.57 bits per heavy atom. The maximum atomic E-state index is 11.4. The number of carbonyl (C=O) groups is 1. The molecule has 0 spiro atoms. The highest BCUT2D eigenvalue weighted by Crippen LogP contribution is 2.25. The third-order valence-electron chi connectivity index (χ3n) is 1.89. The number of likely N-dealkylation sites (N-methyl/N-ethyl adjacent to an activating group) is 1. The van der Waals surface area contributed by atoms with Crippen LogP contribution in [0.4, 0.5) is 5.00 Å². The molecule has 1 aromatic rings. The second-order valence-corrected chi connectivity index (χ2v) is 4.89. The first-order valence-corrected chi connectivity index (χ1v) is 5.32. The number of hydrogen-bond acceptors (Lipinski definition) is 3. The number of hydrogen-bond donors (Lipinski definition) is 1. The van der Waals surface area contributed by atoms with Gasteiger partial charge in [-0.2, -0.15) is 0 Å². The maximum Gasteiger partial charge on any atom is 0.239 e. The highest BCUT2D eigenvalue weighted by molar-refractivity contribution is 7.16. The molecule has 0 saturated heterocycles. The summed E-state index contributed by atoms with van der Waals surface area (Å²) in [5.74, 6) is 0.0382. The molecule has 1 aromatic heterocycles. The van der Waals surface area contributed by atoms with Crippen LogP contribution in [-0.2, 0) is 4.79 Å². The van der Waals surface area contributed by atoms with Crippen molar-refractivity contribution in [2.45, 2.75) is 13.8 Å². The van der Waals surface area contributed by atoms with E-state index >= 15 is 0 Å². The van der Waals surface area contributed by atoms with Crippen LogP contribution in [0.3, 0.4) is 0 Å². The fourth-order valence-electron chi connectivity index (χ4n) is 1.10. The topological polar surface area (TPSA) is 32.3 Å². The first-order valence-electron chi connectivity index (χ1n) is 4.50. The molecule has 0 aliphatic carbocycles. The van der Waals surface area contributed by atoms with Crippen molar-refractivity contribution in [1.29, 1.82) is 0 Å². The largest absolute Gasteiger partial charge is 0.317 e. The SMILES string of the molecule is Cc1cc(NC(=O)CN(C)C)sc1C. The lowest BCUT2D eigenvalue weighted by atomic mass is 10.3. The first kappa shape index (κ1) is 11.2. The molecule has 1 amide bonds. The predicted molar refractivity (Wildman–Crippen MR) is 61.0 cm³/mol. The van der Waals surface area contributed by atoms with Crippen molar-refractivity contribution in [3.8, 4) is 0 Å². The number of rotatable bonds is 3. The van der Waals surface area contributed by atoms with E-state index in [-0.39, 0.29) is 5.91 Å². The van der Waals surface area contributed by atoms with Crippen LogP contribution in [-0.4, -0.2) is 31.4 Å². The van der Waals surface area contributed by atoms with Crippen molar-refractivity contribution in [2.24, 2.45) is 0 Å². The number of amides is 1. The molecule has 78 valence electrons. The molecule has 1 N–H and O–H groups in total. The summed E-state index contributed by atoms with van der Waals surface area (Å²) in [5.41, 5.74) is 1.23. The van der Waals surface area contributed by atoms with Gasteiger partial charge >= 0.3 is 0 Å². The Labute approximate surface area is 88.7 Å². The normalized spacial score (nSPS) is 10.6. The first-order chi connectivity index (χ1) is 6.49. The van der Waals surface area contributed by atoms with Crippen LogP contribution in [0.1, 0.15) is 10.4 Å². The minimum Gasteiger partial charge on any atom is -0.317 e. The van der Waals surface area contributed by atoms with Crippen molar-refractivity contribution in [2.75, 3.05) is 26.0 Å². The minimum absolute atomic E-state index is 0.0382. The van der Waals surface area contributed by atoms with Gasteiger partial charge in [-0.25, -0.2) is 0 Å². The zero-order valence-electron chi connectivity index (χ0n) is 9.05. The van der Waals surface area contributed by atoms with Crippen LogP contribution in [0.5, 0.6) is 0 Å². The van der Waals surface area contributed by atoms with Gasteiger partial charge < -0.3 is 10.2 Å². The van der Waals surface area contributed by atoms with Gasteiger partial charge in [0, 0.05) is 4.88 Å². The van der Waals surface area contributed by atoms with E-state index in [2.05, 4.69) is 12.2 Å². The molecular weight excluding hydrogens is 196 g/mol. The molecule has 14 heavy (non-hydrogen) atoms. The zero-order valence-corrected chi connectivity index (χ0v) is 9.86. The molecule has 4 heteroatoms. The lowest BCUT2D eigenvalue weighted by molar-refractivity contribution is -0.116. The number of anilines is 1. The molecular formula is C10H16N2OS. The van der Waals surface area contributed by atoms with Gasteiger partial charge in [0.25, 0.3) is 0 Å². The highest BCUT2D eigenvalue weighted by atomic mass is 32.1. The standard InChI is InChI=1S/C10H16N2OS/c1-7-5-10(14-8(7)2)11-9(13)6-12(3)4/h5H,6H2,1-4H3,(H,11,13). The van der Waals surface area contributed by atoms with Crippen LogP contribution in [0.2, 0.25) is 0 Å². The molecule has 0 saturated carbocycles. The van der Waals surface area contributed by atoms with E-state index < -0.39 is 0 Å². The monoisotopic (exact) mass is 212 g/mol. The average molecular weight is 212 g/mol. The molecule has 0 bridgehead atoms. The Kier molecular flexibility index (Phi) is 3.66. The summed E-state index contributed by atoms with van der Waals surface area (Å²) >= 11 is 1.62. The molecule has 0 unspecified atom stereocenters. The summed E-state index contributed by atoms with van der Waals surface area (Å²) in [6.07, 6.45) is 0. The smallest absolute Gasteiger partial charge is 0.239 e. The van der Waals surface area contributed by atoms with Gasteiger partial charge in [0.15, 0.2) is 0 Å². The molecule has 0 aromatic carbocycles. The molecule has 0 aliphatic rings. The highest BCUT2D eigenvalue weighted by Gasteiger charge is 2.06. The molecule has 0 fully saturated rings. The Hall–Kier alpha value is -0.870. The fraction of sp³-hybridized carbons (Fsp3) is 0.500. The molecule has 0 atom stereocenters. The minimum atomic E-state index is 0.0382. The summed E-state index contributed by atoms with van der Waals surface area (Å²) in [7, 11) is 3.76. The van der Waals surface area contributed by atoms with Crippen molar-refractivity contribution in [1.82, 2.24) is 4.90 Å². The van der Waals surface area contributed by atoms with Gasteiger partial charge in [0.1, 0.15) is 0 Å². The van der Waals surface area contributed by atoms with E-state index in [0.717, 1.165) is 5.00 Å². The molecule has 1 rings (SSSR count). The van der Waals surface area contributed by atoms with Crippen molar-refractivity contribution >= 4 is 22.2 Å². The summed E-state index contributed by atoms with van der Waals surface area (Å²) in [5, 5.41) is 3.81. The van der Waals surface area contributed by atoms with Crippen LogP contribution in [0, 0.1) is 13.8 Å². The van der Waals surface area contributed by atoms with E-state index in [1.807, 2.05) is 32.0 Å². The van der Waals surface area contributed by atoms with E-state index in [9.17, 15) is 4.79 Å². The van der Waals surface area contributed by atoms with Crippen LogP contribution < -0.4 is 5.32 Å². The molecule has 0 radical (unpaired) electrons. The van der Waals surface area contributed by atoms with Crippen molar-refractivity contribution in [3.05, 3.63) is 16.5 Å². The van der Waals surface area contributed by atoms with Crippen LogP contribution in [0.15, 0.2) is 6.07 Å². The second-order valence-electron chi connectivity index (χ2n) is 3.64. The summed E-state index contributed by atoms with van der Waals surface area (Å²) in [6, 6.07) is 2.01. The van der Waals surface area contributed by atoms with E-state index in [4.69, 9.17) is 0 Å². The maximum absolute atomic E-state index is 11.4. The van der Waals surface area contributed by atoms with Gasteiger partial charge in [-0.05, 0) is 39.6 Å². The van der Waals surface area contributed by atoms with E-state index in [0.29, 0.717) is 6.54 Å². The van der Waals surface area contributed by atoms with Crippen molar-refractivity contribution in [3.63, 3.8) is 0 Å². The average Bonchev–Trinajstić information content (AvgIpc) is 2.28. The van der Waals surface area contributed by atoms with Crippen LogP contribution >= 0.6 is 11.3 Å². The molecule has 3 nitrogen and oxygen atoms in total. The summed E-state index contributed by atoms with van der Waals surface area (Å²) < 4.78 is 0. The lowest BCUT2D eigenvalue weighted by Gasteiger charge is -2.08. The van der Waals surface area contributed by atoms with Gasteiger partial charge in [-0.3, -0.25) is 4.79 Å². The van der Waals surface area contributed by atoms with Crippen molar-refractivity contribution < 1.29 is 4.79 Å². The Bertz CT molecular complexity index is 311. The number of nitrogens with one attached hydrogen (secondary N) is 1. The lowest BCUT2D eigenvalue weighted by Crippen LogP contribution is -2.26. The molecule has 1 heterocycles. The molecule has 0 aliphatic heterocycles. The number of nitrogens with zero attached hydrogens (tertiary/aromatic N) is 1. The van der Waals surface area contributed by atoms with Gasteiger partial charge in [0.2, 0.25) is 5.91 Å². The third kappa shape index (κ3) is 3.12. The summed E-state index contributed by atoms with van der Waals surface area (Å²) in [4.78, 5) is 14.5. The summed E-state index contributed by atoms with van der Waals surface area (Å²) in [6.45, 7) is 4.53. The third-order valence-corrected chi connectivity index (χ3v) is 2.96. The van der Waals surface area contributed by atoms with Crippen LogP contribution in [0.25, 0.3) is 0 Å². The number of aryl methyl sites for hydroxylation is 2. The number of thiophene rings is 1. The Balaban J connectivity index is 2.56. The number of carbonyl (C=O) groups excluding carboxylic acids is 1. The second kappa shape index (κ2) is 4.57. The Morgan fingerprint density at radius 1 is 1.50 bits per heavy atom. The van der Waals surface area contributed by atoms with Gasteiger partial charge in [-0.1, -0.05) is 0 Å². The predicted octanol–water partition coefficient (Wildman–Crippen LogP) is 1.87. The Morgan fingerprint density at radius 2 is 2.14 bits per heavy atom.